The van der Waals surface area contributed by atoms with Crippen LogP contribution >= 0.6 is 0 Å². The minimum absolute atomic E-state index is 0.0888. The number of amides is 1. The van der Waals surface area contributed by atoms with Gasteiger partial charge in [-0.05, 0) is 30.2 Å². The molecular weight excluding hydrogens is 414 g/mol. The number of aryl methyl sites for hydroxylation is 1. The van der Waals surface area contributed by atoms with Crippen LogP contribution < -0.4 is 5.32 Å². The summed E-state index contributed by atoms with van der Waals surface area (Å²) < 4.78 is 7.43. The number of rotatable bonds is 6. The van der Waals surface area contributed by atoms with Crippen LogP contribution in [0.4, 0.5) is 0 Å². The van der Waals surface area contributed by atoms with Gasteiger partial charge in [0.05, 0.1) is 30.3 Å². The van der Waals surface area contributed by atoms with Gasteiger partial charge in [0.15, 0.2) is 0 Å². The van der Waals surface area contributed by atoms with E-state index in [1.807, 2.05) is 54.1 Å². The van der Waals surface area contributed by atoms with E-state index < -0.39 is 0 Å². The Labute approximate surface area is 193 Å². The van der Waals surface area contributed by atoms with Gasteiger partial charge in [-0.2, -0.15) is 0 Å². The lowest BCUT2D eigenvalue weighted by Crippen LogP contribution is -2.43. The molecular formula is C26H27N5O2. The molecule has 0 aliphatic carbocycles. The average Bonchev–Trinajstić information content (AvgIpc) is 3.27. The van der Waals surface area contributed by atoms with Crippen LogP contribution in [-0.4, -0.2) is 58.2 Å². The first-order valence-corrected chi connectivity index (χ1v) is 11.3. The van der Waals surface area contributed by atoms with Gasteiger partial charge in [-0.3, -0.25) is 14.3 Å². The first kappa shape index (κ1) is 21.3. The third-order valence-corrected chi connectivity index (χ3v) is 6.18. The number of hydrogen-bond acceptors (Lipinski definition) is 5. The van der Waals surface area contributed by atoms with Crippen molar-refractivity contribution in [2.24, 2.45) is 0 Å². The molecule has 7 nitrogen and oxygen atoms in total. The number of carbonyl (C=O) groups is 1. The zero-order valence-corrected chi connectivity index (χ0v) is 18.6. The molecule has 1 aliphatic heterocycles. The first-order chi connectivity index (χ1) is 16.2. The number of fused-ring (bicyclic) bond motifs is 1. The first-order valence-electron chi connectivity index (χ1n) is 11.3. The maximum atomic E-state index is 13.5. The van der Waals surface area contributed by atoms with Crippen molar-refractivity contribution in [2.75, 3.05) is 32.8 Å². The van der Waals surface area contributed by atoms with E-state index in [9.17, 15) is 4.79 Å². The summed E-state index contributed by atoms with van der Waals surface area (Å²) in [6, 6.07) is 18.2. The van der Waals surface area contributed by atoms with Crippen molar-refractivity contribution in [3.05, 3.63) is 89.9 Å². The van der Waals surface area contributed by atoms with Crippen molar-refractivity contribution in [1.29, 1.82) is 0 Å². The minimum Gasteiger partial charge on any atom is -0.379 e. The molecule has 4 aromatic rings. The Hall–Kier alpha value is -3.55. The third kappa shape index (κ3) is 4.37. The fourth-order valence-corrected chi connectivity index (χ4v) is 4.53. The lowest BCUT2D eigenvalue weighted by Gasteiger charge is -2.34. The van der Waals surface area contributed by atoms with Crippen molar-refractivity contribution in [3.63, 3.8) is 0 Å². The summed E-state index contributed by atoms with van der Waals surface area (Å²) in [5.41, 5.74) is 3.78. The second-order valence-electron chi connectivity index (χ2n) is 8.22. The molecule has 2 aromatic carbocycles. The van der Waals surface area contributed by atoms with E-state index in [0.29, 0.717) is 31.3 Å². The van der Waals surface area contributed by atoms with Gasteiger partial charge in [0.1, 0.15) is 0 Å². The molecule has 0 bridgehead atoms. The standard InChI is InChI=1S/C26H27N5O2/c1-19-7-5-10-22-24(19)21(18-31(22)26-27-11-6-12-28-26)25(32)29-17-23(20-8-3-2-4-9-20)30-13-15-33-16-14-30/h2-12,18,23H,13-17H2,1H3,(H,29,32). The maximum Gasteiger partial charge on any atom is 0.253 e. The minimum atomic E-state index is -0.0989. The van der Waals surface area contributed by atoms with Gasteiger partial charge in [-0.15, -0.1) is 0 Å². The molecule has 1 saturated heterocycles. The Morgan fingerprint density at radius 3 is 2.55 bits per heavy atom. The Morgan fingerprint density at radius 2 is 1.79 bits per heavy atom. The average molecular weight is 442 g/mol. The highest BCUT2D eigenvalue weighted by Crippen LogP contribution is 2.27. The van der Waals surface area contributed by atoms with Crippen LogP contribution in [0.5, 0.6) is 0 Å². The molecule has 1 atom stereocenters. The summed E-state index contributed by atoms with van der Waals surface area (Å²) in [5, 5.41) is 4.12. The van der Waals surface area contributed by atoms with Gasteiger partial charge in [0, 0.05) is 43.6 Å². The van der Waals surface area contributed by atoms with Crippen molar-refractivity contribution in [1.82, 2.24) is 24.8 Å². The number of aromatic nitrogens is 3. The molecule has 1 N–H and O–H groups in total. The van der Waals surface area contributed by atoms with E-state index in [-0.39, 0.29) is 11.9 Å². The van der Waals surface area contributed by atoms with Crippen LogP contribution in [0.1, 0.15) is 27.5 Å². The fraction of sp³-hybridized carbons (Fsp3) is 0.269. The number of benzene rings is 2. The van der Waals surface area contributed by atoms with Crippen LogP contribution in [0, 0.1) is 6.92 Å². The summed E-state index contributed by atoms with van der Waals surface area (Å²) in [6.07, 6.45) is 5.25. The number of morpholine rings is 1. The van der Waals surface area contributed by atoms with Gasteiger partial charge < -0.3 is 10.1 Å². The van der Waals surface area contributed by atoms with E-state index in [0.717, 1.165) is 29.6 Å². The van der Waals surface area contributed by atoms with E-state index in [4.69, 9.17) is 4.74 Å². The number of ether oxygens (including phenoxy) is 1. The molecule has 168 valence electrons. The molecule has 1 unspecified atom stereocenters. The van der Waals surface area contributed by atoms with Crippen LogP contribution in [0.15, 0.2) is 73.2 Å². The molecule has 0 spiro atoms. The van der Waals surface area contributed by atoms with Crippen LogP contribution in [-0.2, 0) is 4.74 Å². The highest BCUT2D eigenvalue weighted by Gasteiger charge is 2.24. The quantitative estimate of drug-likeness (QED) is 0.496. The second-order valence-corrected chi connectivity index (χ2v) is 8.22. The van der Waals surface area contributed by atoms with Gasteiger partial charge in [0.25, 0.3) is 5.91 Å². The molecule has 1 fully saturated rings. The van der Waals surface area contributed by atoms with Gasteiger partial charge in [0.2, 0.25) is 5.95 Å². The molecule has 2 aromatic heterocycles. The molecule has 7 heteroatoms. The summed E-state index contributed by atoms with van der Waals surface area (Å²) in [4.78, 5) is 24.6. The lowest BCUT2D eigenvalue weighted by molar-refractivity contribution is 0.0162. The largest absolute Gasteiger partial charge is 0.379 e. The van der Waals surface area contributed by atoms with E-state index >= 15 is 0 Å². The van der Waals surface area contributed by atoms with Crippen molar-refractivity contribution in [3.8, 4) is 5.95 Å². The van der Waals surface area contributed by atoms with Crippen molar-refractivity contribution in [2.45, 2.75) is 13.0 Å². The monoisotopic (exact) mass is 441 g/mol. The number of hydrogen-bond donors (Lipinski definition) is 1. The molecule has 33 heavy (non-hydrogen) atoms. The van der Waals surface area contributed by atoms with E-state index in [1.54, 1.807) is 18.5 Å². The predicted molar refractivity (Wildman–Crippen MR) is 128 cm³/mol. The highest BCUT2D eigenvalue weighted by atomic mass is 16.5. The molecule has 3 heterocycles. The molecule has 1 aliphatic rings. The Balaban J connectivity index is 1.45. The molecule has 1 amide bonds. The second kappa shape index (κ2) is 9.52. The summed E-state index contributed by atoms with van der Waals surface area (Å²) >= 11 is 0. The van der Waals surface area contributed by atoms with Gasteiger partial charge >= 0.3 is 0 Å². The zero-order valence-electron chi connectivity index (χ0n) is 18.6. The normalized spacial score (nSPS) is 15.4. The predicted octanol–water partition coefficient (Wildman–Crippen LogP) is 3.53. The van der Waals surface area contributed by atoms with Gasteiger partial charge in [-0.1, -0.05) is 42.5 Å². The van der Waals surface area contributed by atoms with E-state index in [1.165, 1.54) is 5.56 Å². The summed E-state index contributed by atoms with van der Waals surface area (Å²) in [6.45, 7) is 5.65. The topological polar surface area (TPSA) is 72.3 Å². The smallest absolute Gasteiger partial charge is 0.253 e. The third-order valence-electron chi connectivity index (χ3n) is 6.18. The maximum absolute atomic E-state index is 13.5. The lowest BCUT2D eigenvalue weighted by atomic mass is 10.0. The number of carbonyl (C=O) groups excluding carboxylic acids is 1. The summed E-state index contributed by atoms with van der Waals surface area (Å²) in [7, 11) is 0. The summed E-state index contributed by atoms with van der Waals surface area (Å²) in [5.74, 6) is 0.445. The fourth-order valence-electron chi connectivity index (χ4n) is 4.53. The Morgan fingerprint density at radius 1 is 1.03 bits per heavy atom. The van der Waals surface area contributed by atoms with Crippen LogP contribution in [0.3, 0.4) is 0 Å². The van der Waals surface area contributed by atoms with Crippen molar-refractivity contribution < 1.29 is 9.53 Å². The molecule has 0 saturated carbocycles. The highest BCUT2D eigenvalue weighted by molar-refractivity contribution is 6.08. The number of nitrogens with one attached hydrogen (secondary N) is 1. The Bertz CT molecular complexity index is 1230. The van der Waals surface area contributed by atoms with Crippen LogP contribution in [0.2, 0.25) is 0 Å². The Kier molecular flexibility index (Phi) is 6.15. The molecule has 0 radical (unpaired) electrons. The van der Waals surface area contributed by atoms with Crippen molar-refractivity contribution >= 4 is 16.8 Å². The number of nitrogens with zero attached hydrogens (tertiary/aromatic N) is 4. The zero-order chi connectivity index (χ0) is 22.6. The van der Waals surface area contributed by atoms with E-state index in [2.05, 4.69) is 32.3 Å². The molecule has 5 rings (SSSR count). The van der Waals surface area contributed by atoms with Crippen LogP contribution in [0.25, 0.3) is 16.9 Å². The van der Waals surface area contributed by atoms with Gasteiger partial charge in [-0.25, -0.2) is 9.97 Å². The SMILES string of the molecule is Cc1cccc2c1c(C(=O)NCC(c1ccccc1)N1CCOCC1)cn2-c1ncccn1.